The number of aromatic hydroxyl groups is 1. The predicted molar refractivity (Wildman–Crippen MR) is 70.5 cm³/mol. The molecule has 18 heavy (non-hydrogen) atoms. The number of phenolic OH excluding ortho intramolecular Hbond substituents is 1. The lowest BCUT2D eigenvalue weighted by atomic mass is 10.1. The summed E-state index contributed by atoms with van der Waals surface area (Å²) in [5.74, 6) is 0.547. The Morgan fingerprint density at radius 1 is 1.22 bits per heavy atom. The van der Waals surface area contributed by atoms with Gasteiger partial charge in [-0.2, -0.15) is 0 Å². The molecule has 98 valence electrons. The minimum absolute atomic E-state index is 0.260. The lowest BCUT2D eigenvalue weighted by Gasteiger charge is -2.27. The van der Waals surface area contributed by atoms with E-state index >= 15 is 0 Å². The Labute approximate surface area is 108 Å². The second-order valence-corrected chi connectivity index (χ2v) is 4.65. The van der Waals surface area contributed by atoms with Crippen LogP contribution in [0.2, 0.25) is 0 Å². The van der Waals surface area contributed by atoms with Crippen LogP contribution < -0.4 is 5.32 Å². The fraction of sp³-hybridized carbons (Fsp3) is 0.500. The zero-order chi connectivity index (χ0) is 12.8. The van der Waals surface area contributed by atoms with Crippen LogP contribution in [0.25, 0.3) is 0 Å². The molecule has 0 saturated carbocycles. The Morgan fingerprint density at radius 2 is 1.89 bits per heavy atom. The van der Waals surface area contributed by atoms with E-state index in [1.807, 2.05) is 17.0 Å². The number of aryl methyl sites for hydroxylation is 1. The van der Waals surface area contributed by atoms with Crippen molar-refractivity contribution < 1.29 is 9.90 Å². The van der Waals surface area contributed by atoms with Gasteiger partial charge in [-0.05, 0) is 30.5 Å². The highest BCUT2D eigenvalue weighted by Crippen LogP contribution is 2.12. The summed E-state index contributed by atoms with van der Waals surface area (Å²) in [6.45, 7) is 3.48. The number of hydrogen-bond acceptors (Lipinski definition) is 3. The van der Waals surface area contributed by atoms with Gasteiger partial charge in [-0.3, -0.25) is 4.79 Å². The van der Waals surface area contributed by atoms with E-state index < -0.39 is 0 Å². The molecule has 4 heteroatoms. The maximum Gasteiger partial charge on any atom is 0.222 e. The van der Waals surface area contributed by atoms with Crippen LogP contribution in [0.5, 0.6) is 5.75 Å². The van der Waals surface area contributed by atoms with Gasteiger partial charge in [0.2, 0.25) is 5.91 Å². The van der Waals surface area contributed by atoms with E-state index in [1.54, 1.807) is 12.1 Å². The lowest BCUT2D eigenvalue weighted by Crippen LogP contribution is -2.46. The van der Waals surface area contributed by atoms with Crippen LogP contribution in [0.1, 0.15) is 18.4 Å². The van der Waals surface area contributed by atoms with Crippen molar-refractivity contribution in [3.63, 3.8) is 0 Å². The molecule has 2 N–H and O–H groups in total. The molecule has 0 unspecified atom stereocenters. The number of benzene rings is 1. The Kier molecular flexibility index (Phi) is 4.59. The first-order valence-corrected chi connectivity index (χ1v) is 6.52. The van der Waals surface area contributed by atoms with Gasteiger partial charge in [0, 0.05) is 32.6 Å². The van der Waals surface area contributed by atoms with Crippen molar-refractivity contribution in [2.24, 2.45) is 0 Å². The number of nitrogens with zero attached hydrogens (tertiary/aromatic N) is 1. The second-order valence-electron chi connectivity index (χ2n) is 4.65. The zero-order valence-electron chi connectivity index (χ0n) is 10.6. The third kappa shape index (κ3) is 3.74. The van der Waals surface area contributed by atoms with Crippen LogP contribution >= 0.6 is 0 Å². The fourth-order valence-electron chi connectivity index (χ4n) is 2.18. The molecule has 0 radical (unpaired) electrons. The molecule has 4 nitrogen and oxygen atoms in total. The summed E-state index contributed by atoms with van der Waals surface area (Å²) >= 11 is 0. The maximum absolute atomic E-state index is 11.9. The molecule has 2 rings (SSSR count). The Bertz CT molecular complexity index is 383. The number of piperazine rings is 1. The van der Waals surface area contributed by atoms with E-state index in [0.29, 0.717) is 6.42 Å². The first kappa shape index (κ1) is 12.9. The molecule has 1 amide bonds. The van der Waals surface area contributed by atoms with Crippen molar-refractivity contribution in [1.29, 1.82) is 0 Å². The molecule has 1 aromatic carbocycles. The Balaban J connectivity index is 1.71. The number of rotatable bonds is 4. The lowest BCUT2D eigenvalue weighted by molar-refractivity contribution is -0.131. The van der Waals surface area contributed by atoms with Gasteiger partial charge in [0.1, 0.15) is 5.75 Å². The second kappa shape index (κ2) is 6.40. The Morgan fingerprint density at radius 3 is 2.56 bits per heavy atom. The monoisotopic (exact) mass is 248 g/mol. The summed E-state index contributed by atoms with van der Waals surface area (Å²) in [5, 5.41) is 12.4. The molecule has 1 aliphatic rings. The van der Waals surface area contributed by atoms with Gasteiger partial charge in [0.25, 0.3) is 0 Å². The smallest absolute Gasteiger partial charge is 0.222 e. The van der Waals surface area contributed by atoms with E-state index in [9.17, 15) is 9.90 Å². The topological polar surface area (TPSA) is 52.6 Å². The van der Waals surface area contributed by atoms with Gasteiger partial charge in [-0.25, -0.2) is 0 Å². The van der Waals surface area contributed by atoms with Crippen molar-refractivity contribution in [1.82, 2.24) is 10.2 Å². The normalized spacial score (nSPS) is 15.7. The van der Waals surface area contributed by atoms with Gasteiger partial charge in [0.15, 0.2) is 0 Å². The van der Waals surface area contributed by atoms with Crippen molar-refractivity contribution in [3.8, 4) is 5.75 Å². The van der Waals surface area contributed by atoms with Crippen molar-refractivity contribution in [2.75, 3.05) is 26.2 Å². The number of carbonyl (C=O) groups is 1. The maximum atomic E-state index is 11.9. The summed E-state index contributed by atoms with van der Waals surface area (Å²) in [5.41, 5.74) is 1.17. The van der Waals surface area contributed by atoms with Gasteiger partial charge >= 0.3 is 0 Å². The van der Waals surface area contributed by atoms with Crippen molar-refractivity contribution >= 4 is 5.91 Å². The number of carbonyl (C=O) groups excluding carboxylic acids is 1. The molecule has 0 bridgehead atoms. The predicted octanol–water partition coefficient (Wildman–Crippen LogP) is 1.15. The quantitative estimate of drug-likeness (QED) is 0.840. The van der Waals surface area contributed by atoms with E-state index in [2.05, 4.69) is 5.32 Å². The largest absolute Gasteiger partial charge is 0.508 e. The number of nitrogens with one attached hydrogen (secondary N) is 1. The minimum atomic E-state index is 0.260. The molecule has 1 aromatic rings. The minimum Gasteiger partial charge on any atom is -0.508 e. The highest BCUT2D eigenvalue weighted by molar-refractivity contribution is 5.76. The average molecular weight is 248 g/mol. The number of amides is 1. The van der Waals surface area contributed by atoms with Crippen LogP contribution in [-0.4, -0.2) is 42.1 Å². The van der Waals surface area contributed by atoms with E-state index in [0.717, 1.165) is 39.0 Å². The highest BCUT2D eigenvalue weighted by Gasteiger charge is 2.15. The van der Waals surface area contributed by atoms with Gasteiger partial charge in [-0.15, -0.1) is 0 Å². The molecular weight excluding hydrogens is 228 g/mol. The summed E-state index contributed by atoms with van der Waals surface area (Å²) in [4.78, 5) is 13.8. The van der Waals surface area contributed by atoms with Gasteiger partial charge < -0.3 is 15.3 Å². The standard InChI is InChI=1S/C14H20N2O2/c17-13-6-4-12(5-7-13)2-1-3-14(18)16-10-8-15-9-11-16/h4-7,15,17H,1-3,8-11H2. The molecule has 0 spiro atoms. The first-order valence-electron chi connectivity index (χ1n) is 6.52. The molecule has 0 atom stereocenters. The van der Waals surface area contributed by atoms with Crippen LogP contribution in [0.4, 0.5) is 0 Å². The van der Waals surface area contributed by atoms with E-state index in [1.165, 1.54) is 5.56 Å². The number of hydrogen-bond donors (Lipinski definition) is 2. The molecule has 1 aliphatic heterocycles. The molecule has 1 fully saturated rings. The molecular formula is C14H20N2O2. The third-order valence-electron chi connectivity index (χ3n) is 3.26. The summed E-state index contributed by atoms with van der Waals surface area (Å²) in [6, 6.07) is 7.19. The van der Waals surface area contributed by atoms with Crippen LogP contribution in [0.3, 0.4) is 0 Å². The molecule has 0 aliphatic carbocycles. The summed E-state index contributed by atoms with van der Waals surface area (Å²) in [7, 11) is 0. The average Bonchev–Trinajstić information content (AvgIpc) is 2.42. The molecule has 0 aromatic heterocycles. The molecule has 1 saturated heterocycles. The Hall–Kier alpha value is -1.55. The van der Waals surface area contributed by atoms with Gasteiger partial charge in [0.05, 0.1) is 0 Å². The van der Waals surface area contributed by atoms with Crippen molar-refractivity contribution in [2.45, 2.75) is 19.3 Å². The van der Waals surface area contributed by atoms with Gasteiger partial charge in [-0.1, -0.05) is 12.1 Å². The van der Waals surface area contributed by atoms with Crippen LogP contribution in [-0.2, 0) is 11.2 Å². The van der Waals surface area contributed by atoms with E-state index in [-0.39, 0.29) is 11.7 Å². The summed E-state index contributed by atoms with van der Waals surface area (Å²) < 4.78 is 0. The zero-order valence-corrected chi connectivity index (χ0v) is 10.6. The highest BCUT2D eigenvalue weighted by atomic mass is 16.3. The SMILES string of the molecule is O=C(CCCc1ccc(O)cc1)N1CCNCC1. The first-order chi connectivity index (χ1) is 8.75. The fourth-order valence-corrected chi connectivity index (χ4v) is 2.18. The number of phenols is 1. The third-order valence-corrected chi connectivity index (χ3v) is 3.26. The van der Waals surface area contributed by atoms with Crippen molar-refractivity contribution in [3.05, 3.63) is 29.8 Å². The van der Waals surface area contributed by atoms with Crippen LogP contribution in [0.15, 0.2) is 24.3 Å². The molecule has 1 heterocycles. The van der Waals surface area contributed by atoms with Crippen LogP contribution in [0, 0.1) is 0 Å². The van der Waals surface area contributed by atoms with E-state index in [4.69, 9.17) is 0 Å². The summed E-state index contributed by atoms with van der Waals surface area (Å²) in [6.07, 6.45) is 2.37.